The molecular formula is C21H17N5. The van der Waals surface area contributed by atoms with E-state index in [2.05, 4.69) is 20.3 Å². The van der Waals surface area contributed by atoms with Crippen molar-refractivity contribution in [2.45, 2.75) is 0 Å². The van der Waals surface area contributed by atoms with Crippen molar-refractivity contribution in [1.29, 1.82) is 0 Å². The number of hydrogen-bond donors (Lipinski definition) is 2. The number of aliphatic imine (C=N–C) groups is 1. The Hall–Kier alpha value is -3.73. The van der Waals surface area contributed by atoms with Crippen molar-refractivity contribution >= 4 is 22.4 Å². The second kappa shape index (κ2) is 7.03. The van der Waals surface area contributed by atoms with Gasteiger partial charge >= 0.3 is 0 Å². The molecule has 0 spiro atoms. The van der Waals surface area contributed by atoms with Crippen LogP contribution in [0.25, 0.3) is 22.2 Å². The number of nitrogens with two attached hydrogens (primary N) is 1. The van der Waals surface area contributed by atoms with Crippen molar-refractivity contribution in [3.8, 4) is 11.3 Å². The molecule has 0 aliphatic rings. The Labute approximate surface area is 150 Å². The number of aromatic amines is 1. The molecule has 0 amide bonds. The van der Waals surface area contributed by atoms with Crippen LogP contribution in [-0.2, 0) is 0 Å². The molecule has 0 fully saturated rings. The van der Waals surface area contributed by atoms with Crippen LogP contribution < -0.4 is 5.84 Å². The molecule has 126 valence electrons. The summed E-state index contributed by atoms with van der Waals surface area (Å²) in [4.78, 5) is 8.17. The highest BCUT2D eigenvalue weighted by molar-refractivity contribution is 6.15. The number of H-pyrrole nitrogens is 1. The number of hydrogen-bond acceptors (Lipinski definition) is 2. The van der Waals surface area contributed by atoms with E-state index in [1.54, 1.807) is 0 Å². The summed E-state index contributed by atoms with van der Waals surface area (Å²) in [6.45, 7) is 0. The number of aromatic nitrogens is 1. The molecule has 0 bridgehead atoms. The van der Waals surface area contributed by atoms with E-state index in [0.29, 0.717) is 5.84 Å². The molecule has 0 saturated heterocycles. The van der Waals surface area contributed by atoms with E-state index in [1.165, 1.54) is 0 Å². The van der Waals surface area contributed by atoms with E-state index in [9.17, 15) is 0 Å². The molecule has 0 saturated carbocycles. The highest BCUT2D eigenvalue weighted by Crippen LogP contribution is 2.32. The molecule has 3 aromatic carbocycles. The third kappa shape index (κ3) is 2.98. The predicted molar refractivity (Wildman–Crippen MR) is 105 cm³/mol. The monoisotopic (exact) mass is 339 g/mol. The number of nitrogens with zero attached hydrogens (tertiary/aromatic N) is 3. The van der Waals surface area contributed by atoms with Gasteiger partial charge in [-0.25, -0.2) is 4.99 Å². The lowest BCUT2D eigenvalue weighted by Gasteiger charge is -2.05. The molecule has 5 nitrogen and oxygen atoms in total. The summed E-state index contributed by atoms with van der Waals surface area (Å²) in [5.74, 6) is 5.86. The summed E-state index contributed by atoms with van der Waals surface area (Å²) >= 11 is 0. The minimum atomic E-state index is 0.468. The first-order valence-electron chi connectivity index (χ1n) is 8.28. The highest BCUT2D eigenvalue weighted by atomic mass is 15.3. The molecule has 1 aromatic heterocycles. The van der Waals surface area contributed by atoms with E-state index in [4.69, 9.17) is 5.84 Å². The molecule has 0 unspecified atom stereocenters. The van der Waals surface area contributed by atoms with Crippen molar-refractivity contribution in [2.24, 2.45) is 21.2 Å². The van der Waals surface area contributed by atoms with Crippen LogP contribution in [0.3, 0.4) is 0 Å². The first kappa shape index (κ1) is 15.8. The maximum atomic E-state index is 5.39. The summed E-state index contributed by atoms with van der Waals surface area (Å²) in [6.07, 6.45) is 0. The standard InChI is InChI=1S/C21H17N5/c22-26-25-21(23-16-11-5-2-6-12-16)19-17-13-7-8-14-18(17)24-20(19)15-9-3-1-4-10-15/h1-14,24H,(H2,22,23,25). The lowest BCUT2D eigenvalue weighted by atomic mass is 10.0. The zero-order valence-corrected chi connectivity index (χ0v) is 14.0. The number of amidine groups is 1. The van der Waals surface area contributed by atoms with Gasteiger partial charge < -0.3 is 10.8 Å². The topological polar surface area (TPSA) is 78.9 Å². The Balaban J connectivity index is 2.00. The van der Waals surface area contributed by atoms with Crippen LogP contribution in [0.5, 0.6) is 0 Å². The molecule has 3 N–H and O–H groups in total. The zero-order valence-electron chi connectivity index (χ0n) is 14.0. The summed E-state index contributed by atoms with van der Waals surface area (Å²) in [5.41, 5.74) is 4.67. The fraction of sp³-hybridized carbons (Fsp3) is 0. The molecule has 0 aliphatic heterocycles. The van der Waals surface area contributed by atoms with Gasteiger partial charge in [0.25, 0.3) is 0 Å². The first-order chi connectivity index (χ1) is 12.9. The average Bonchev–Trinajstić information content (AvgIpc) is 3.09. The third-order valence-electron chi connectivity index (χ3n) is 4.14. The number of fused-ring (bicyclic) bond motifs is 1. The fourth-order valence-corrected chi connectivity index (χ4v) is 3.00. The quantitative estimate of drug-likeness (QED) is 0.173. The van der Waals surface area contributed by atoms with Gasteiger partial charge in [-0.3, -0.25) is 0 Å². The van der Waals surface area contributed by atoms with Gasteiger partial charge in [0.2, 0.25) is 0 Å². The van der Waals surface area contributed by atoms with Gasteiger partial charge in [-0.1, -0.05) is 72.0 Å². The van der Waals surface area contributed by atoms with Crippen LogP contribution in [0.4, 0.5) is 5.69 Å². The molecule has 4 aromatic rings. The van der Waals surface area contributed by atoms with Crippen molar-refractivity contribution in [3.63, 3.8) is 0 Å². The molecule has 0 aliphatic carbocycles. The Morgan fingerprint density at radius 1 is 0.769 bits per heavy atom. The SMILES string of the molecule is NN=NC(=Nc1ccccc1)c1c(-c2ccccc2)[nH]c2ccccc12. The highest BCUT2D eigenvalue weighted by Gasteiger charge is 2.18. The van der Waals surface area contributed by atoms with Gasteiger partial charge in [0.1, 0.15) is 0 Å². The Bertz CT molecular complexity index is 1080. The summed E-state index contributed by atoms with van der Waals surface area (Å²) in [5, 5.41) is 8.66. The average molecular weight is 339 g/mol. The zero-order chi connectivity index (χ0) is 17.8. The van der Waals surface area contributed by atoms with Crippen LogP contribution in [0.15, 0.2) is 100 Å². The van der Waals surface area contributed by atoms with Gasteiger partial charge in [-0.15, -0.1) is 5.11 Å². The number of nitrogens with one attached hydrogen (secondary N) is 1. The molecular weight excluding hydrogens is 322 g/mol. The smallest absolute Gasteiger partial charge is 0.186 e. The van der Waals surface area contributed by atoms with Crippen molar-refractivity contribution in [3.05, 3.63) is 90.5 Å². The first-order valence-corrected chi connectivity index (χ1v) is 8.28. The Morgan fingerprint density at radius 3 is 2.15 bits per heavy atom. The van der Waals surface area contributed by atoms with Crippen molar-refractivity contribution in [1.82, 2.24) is 4.98 Å². The van der Waals surface area contributed by atoms with Crippen LogP contribution in [-0.4, -0.2) is 10.8 Å². The van der Waals surface area contributed by atoms with Gasteiger partial charge in [0.15, 0.2) is 5.84 Å². The summed E-state index contributed by atoms with van der Waals surface area (Å²) < 4.78 is 0. The van der Waals surface area contributed by atoms with Crippen LogP contribution in [0.1, 0.15) is 5.56 Å². The molecule has 0 atom stereocenters. The maximum Gasteiger partial charge on any atom is 0.186 e. The molecule has 4 rings (SSSR count). The minimum absolute atomic E-state index is 0.468. The fourth-order valence-electron chi connectivity index (χ4n) is 3.00. The lowest BCUT2D eigenvalue weighted by molar-refractivity contribution is 1.08. The molecule has 5 heteroatoms. The molecule has 0 radical (unpaired) electrons. The number of benzene rings is 3. The summed E-state index contributed by atoms with van der Waals surface area (Å²) in [7, 11) is 0. The van der Waals surface area contributed by atoms with Crippen molar-refractivity contribution < 1.29 is 0 Å². The van der Waals surface area contributed by atoms with E-state index < -0.39 is 0 Å². The number of para-hydroxylation sites is 2. The number of rotatable bonds is 3. The molecule has 26 heavy (non-hydrogen) atoms. The van der Waals surface area contributed by atoms with E-state index >= 15 is 0 Å². The predicted octanol–water partition coefficient (Wildman–Crippen LogP) is 5.24. The third-order valence-corrected chi connectivity index (χ3v) is 4.14. The van der Waals surface area contributed by atoms with E-state index in [0.717, 1.165) is 33.4 Å². The van der Waals surface area contributed by atoms with E-state index in [1.807, 2.05) is 84.9 Å². The van der Waals surface area contributed by atoms with Crippen molar-refractivity contribution in [2.75, 3.05) is 0 Å². The van der Waals surface area contributed by atoms with Gasteiger partial charge in [-0.05, 0) is 23.8 Å². The van der Waals surface area contributed by atoms with Crippen LogP contribution in [0.2, 0.25) is 0 Å². The van der Waals surface area contributed by atoms with Crippen LogP contribution >= 0.6 is 0 Å². The minimum Gasteiger partial charge on any atom is -0.354 e. The van der Waals surface area contributed by atoms with Gasteiger partial charge in [-0.2, -0.15) is 0 Å². The largest absolute Gasteiger partial charge is 0.354 e. The second-order valence-corrected chi connectivity index (χ2v) is 5.77. The van der Waals surface area contributed by atoms with E-state index in [-0.39, 0.29) is 0 Å². The summed E-state index contributed by atoms with van der Waals surface area (Å²) in [6, 6.07) is 27.8. The normalized spacial score (nSPS) is 12.1. The Morgan fingerprint density at radius 2 is 1.42 bits per heavy atom. The second-order valence-electron chi connectivity index (χ2n) is 5.77. The lowest BCUT2D eigenvalue weighted by Crippen LogP contribution is -1.99. The van der Waals surface area contributed by atoms with Crippen LogP contribution in [0, 0.1) is 0 Å². The maximum absolute atomic E-state index is 5.39. The van der Waals surface area contributed by atoms with Gasteiger partial charge in [0.05, 0.1) is 16.9 Å². The molecule has 1 heterocycles. The Kier molecular flexibility index (Phi) is 4.26. The van der Waals surface area contributed by atoms with Gasteiger partial charge in [0, 0.05) is 10.9 Å².